The summed E-state index contributed by atoms with van der Waals surface area (Å²) in [6.45, 7) is 0. The van der Waals surface area contributed by atoms with Crippen LogP contribution in [-0.4, -0.2) is 4.98 Å². The maximum absolute atomic E-state index is 12.3. The minimum atomic E-state index is -4.82. The molecule has 0 aromatic carbocycles. The number of alkyl halides is 5. The Bertz CT molecular complexity index is 376. The molecule has 0 fully saturated rings. The summed E-state index contributed by atoms with van der Waals surface area (Å²) in [6, 6.07) is 0.829. The molecule has 0 bridgehead atoms. The standard InChI is InChI=1S/C7H4F5IN2/c8-6(9)3-1-2(13)4(14)5(15-3)7(10,11)12/h1,6H,14H2. The largest absolute Gasteiger partial charge is 0.435 e. The highest BCUT2D eigenvalue weighted by molar-refractivity contribution is 14.1. The lowest BCUT2D eigenvalue weighted by atomic mass is 10.2. The van der Waals surface area contributed by atoms with Crippen molar-refractivity contribution < 1.29 is 22.0 Å². The molecule has 15 heavy (non-hydrogen) atoms. The summed E-state index contributed by atoms with van der Waals surface area (Å²) in [5.74, 6) is 0. The average molecular weight is 338 g/mol. The van der Waals surface area contributed by atoms with Gasteiger partial charge in [-0.25, -0.2) is 13.8 Å². The van der Waals surface area contributed by atoms with Crippen LogP contribution in [0.2, 0.25) is 0 Å². The van der Waals surface area contributed by atoms with Gasteiger partial charge in [0.2, 0.25) is 0 Å². The van der Waals surface area contributed by atoms with Gasteiger partial charge in [-0.05, 0) is 28.7 Å². The van der Waals surface area contributed by atoms with Gasteiger partial charge in [0.1, 0.15) is 5.69 Å². The van der Waals surface area contributed by atoms with Crippen molar-refractivity contribution in [3.63, 3.8) is 0 Å². The van der Waals surface area contributed by atoms with Crippen molar-refractivity contribution in [2.75, 3.05) is 5.73 Å². The summed E-state index contributed by atoms with van der Waals surface area (Å²) in [5.41, 5.74) is 2.07. The summed E-state index contributed by atoms with van der Waals surface area (Å²) in [6.07, 6.45) is -7.88. The van der Waals surface area contributed by atoms with Crippen LogP contribution >= 0.6 is 22.6 Å². The van der Waals surface area contributed by atoms with Crippen LogP contribution in [0.15, 0.2) is 6.07 Å². The Morgan fingerprint density at radius 1 is 1.33 bits per heavy atom. The molecule has 1 aromatic heterocycles. The summed E-state index contributed by atoms with van der Waals surface area (Å²) in [5, 5.41) is 0. The molecule has 0 spiro atoms. The molecule has 1 aromatic rings. The molecule has 0 unspecified atom stereocenters. The van der Waals surface area contributed by atoms with E-state index in [1.165, 1.54) is 22.6 Å². The van der Waals surface area contributed by atoms with E-state index in [9.17, 15) is 22.0 Å². The lowest BCUT2D eigenvalue weighted by Gasteiger charge is -2.11. The molecule has 0 atom stereocenters. The van der Waals surface area contributed by atoms with E-state index >= 15 is 0 Å². The second kappa shape index (κ2) is 4.06. The van der Waals surface area contributed by atoms with Crippen LogP contribution in [0.5, 0.6) is 0 Å². The van der Waals surface area contributed by atoms with Crippen molar-refractivity contribution in [1.82, 2.24) is 4.98 Å². The Kier molecular flexibility index (Phi) is 3.36. The highest BCUT2D eigenvalue weighted by Crippen LogP contribution is 2.35. The lowest BCUT2D eigenvalue weighted by molar-refractivity contribution is -0.140. The van der Waals surface area contributed by atoms with Gasteiger partial charge in [0, 0.05) is 3.57 Å². The van der Waals surface area contributed by atoms with E-state index in [-0.39, 0.29) is 3.57 Å². The van der Waals surface area contributed by atoms with Gasteiger partial charge in [-0.3, -0.25) is 0 Å². The van der Waals surface area contributed by atoms with Crippen molar-refractivity contribution in [1.29, 1.82) is 0 Å². The maximum atomic E-state index is 12.3. The molecule has 0 amide bonds. The van der Waals surface area contributed by atoms with Crippen LogP contribution in [-0.2, 0) is 6.18 Å². The van der Waals surface area contributed by atoms with Gasteiger partial charge in [0.05, 0.1) is 5.69 Å². The fourth-order valence-corrected chi connectivity index (χ4v) is 1.44. The van der Waals surface area contributed by atoms with Gasteiger partial charge in [-0.2, -0.15) is 13.2 Å². The molecule has 0 aliphatic rings. The van der Waals surface area contributed by atoms with Crippen molar-refractivity contribution in [3.05, 3.63) is 21.0 Å². The third-order valence-corrected chi connectivity index (χ3v) is 2.41. The van der Waals surface area contributed by atoms with Crippen LogP contribution in [0.25, 0.3) is 0 Å². The van der Waals surface area contributed by atoms with Gasteiger partial charge >= 0.3 is 6.18 Å². The number of halogens is 6. The smallest absolute Gasteiger partial charge is 0.396 e. The minimum absolute atomic E-state index is 0.0924. The third-order valence-electron chi connectivity index (χ3n) is 1.52. The SMILES string of the molecule is Nc1c(I)cc(C(F)F)nc1C(F)(F)F. The summed E-state index contributed by atoms with van der Waals surface area (Å²) >= 11 is 1.45. The molecule has 1 rings (SSSR count). The molecular weight excluding hydrogens is 334 g/mol. The van der Waals surface area contributed by atoms with Crippen molar-refractivity contribution in [2.45, 2.75) is 12.6 Å². The second-order valence-corrected chi connectivity index (χ2v) is 3.75. The maximum Gasteiger partial charge on any atom is 0.435 e. The van der Waals surface area contributed by atoms with E-state index in [4.69, 9.17) is 5.73 Å². The van der Waals surface area contributed by atoms with E-state index in [1.807, 2.05) is 0 Å². The minimum Gasteiger partial charge on any atom is -0.396 e. The molecule has 8 heteroatoms. The van der Waals surface area contributed by atoms with Crippen LogP contribution in [0.4, 0.5) is 27.6 Å². The van der Waals surface area contributed by atoms with Gasteiger partial charge in [0.15, 0.2) is 5.69 Å². The van der Waals surface area contributed by atoms with Gasteiger partial charge in [-0.15, -0.1) is 0 Å². The highest BCUT2D eigenvalue weighted by Gasteiger charge is 2.36. The zero-order chi connectivity index (χ0) is 11.8. The van der Waals surface area contributed by atoms with Crippen molar-refractivity contribution >= 4 is 28.3 Å². The van der Waals surface area contributed by atoms with E-state index in [0.717, 1.165) is 6.07 Å². The van der Waals surface area contributed by atoms with Gasteiger partial charge in [0.25, 0.3) is 6.43 Å². The van der Waals surface area contributed by atoms with E-state index in [1.54, 1.807) is 0 Å². The zero-order valence-electron chi connectivity index (χ0n) is 6.95. The Morgan fingerprint density at radius 3 is 2.27 bits per heavy atom. The highest BCUT2D eigenvalue weighted by atomic mass is 127. The second-order valence-electron chi connectivity index (χ2n) is 2.59. The first-order chi connectivity index (χ1) is 6.73. The monoisotopic (exact) mass is 338 g/mol. The molecule has 1 heterocycles. The fourth-order valence-electron chi connectivity index (χ4n) is 0.870. The Morgan fingerprint density at radius 2 is 1.87 bits per heavy atom. The number of nitrogen functional groups attached to an aromatic ring is 1. The molecule has 84 valence electrons. The van der Waals surface area contributed by atoms with E-state index in [0.29, 0.717) is 0 Å². The van der Waals surface area contributed by atoms with Crippen LogP contribution in [0.1, 0.15) is 17.8 Å². The zero-order valence-corrected chi connectivity index (χ0v) is 9.10. The fraction of sp³-hybridized carbons (Fsp3) is 0.286. The first-order valence-electron chi connectivity index (χ1n) is 3.54. The number of rotatable bonds is 1. The van der Waals surface area contributed by atoms with Crippen LogP contribution in [0, 0.1) is 3.57 Å². The molecule has 0 aliphatic carbocycles. The van der Waals surface area contributed by atoms with Gasteiger partial charge in [-0.1, -0.05) is 0 Å². The predicted octanol–water partition coefficient (Wildman–Crippen LogP) is 3.22. The predicted molar refractivity (Wildman–Crippen MR) is 51.3 cm³/mol. The number of hydrogen-bond acceptors (Lipinski definition) is 2. The van der Waals surface area contributed by atoms with Crippen molar-refractivity contribution in [3.8, 4) is 0 Å². The molecule has 0 aliphatic heterocycles. The quantitative estimate of drug-likeness (QED) is 0.631. The summed E-state index contributed by atoms with van der Waals surface area (Å²) < 4.78 is 61.1. The average Bonchev–Trinajstić information content (AvgIpc) is 2.06. The number of anilines is 1. The van der Waals surface area contributed by atoms with E-state index < -0.39 is 29.7 Å². The summed E-state index contributed by atoms with van der Waals surface area (Å²) in [4.78, 5) is 2.80. The number of hydrogen-bond donors (Lipinski definition) is 1. The number of nitrogens with zero attached hydrogens (tertiary/aromatic N) is 1. The lowest BCUT2D eigenvalue weighted by Crippen LogP contribution is -2.14. The van der Waals surface area contributed by atoms with Crippen LogP contribution in [0.3, 0.4) is 0 Å². The Hall–Kier alpha value is -0.670. The first kappa shape index (κ1) is 12.4. The molecule has 0 saturated heterocycles. The van der Waals surface area contributed by atoms with Crippen molar-refractivity contribution in [2.24, 2.45) is 0 Å². The Labute approximate surface area is 94.8 Å². The normalized spacial score (nSPS) is 12.2. The van der Waals surface area contributed by atoms with E-state index in [2.05, 4.69) is 4.98 Å². The topological polar surface area (TPSA) is 38.9 Å². The molecule has 0 radical (unpaired) electrons. The third kappa shape index (κ3) is 2.67. The number of nitrogens with two attached hydrogens (primary N) is 1. The molecule has 2 N–H and O–H groups in total. The molecular formula is C7H4F5IN2. The molecule has 2 nitrogen and oxygen atoms in total. The Balaban J connectivity index is 3.38. The van der Waals surface area contributed by atoms with Gasteiger partial charge < -0.3 is 5.73 Å². The molecule has 0 saturated carbocycles. The van der Waals surface area contributed by atoms with Crippen LogP contribution < -0.4 is 5.73 Å². The number of aromatic nitrogens is 1. The summed E-state index contributed by atoms with van der Waals surface area (Å²) in [7, 11) is 0. The number of pyridine rings is 1. The first-order valence-corrected chi connectivity index (χ1v) is 4.62.